The lowest BCUT2D eigenvalue weighted by Crippen LogP contribution is -2.27. The minimum atomic E-state index is -3.73. The third-order valence-corrected chi connectivity index (χ3v) is 6.68. The summed E-state index contributed by atoms with van der Waals surface area (Å²) in [4.78, 5) is 12.6. The molecular weight excluding hydrogens is 436 g/mol. The predicted octanol–water partition coefficient (Wildman–Crippen LogP) is 4.49. The Bertz CT molecular complexity index is 1150. The first-order chi connectivity index (χ1) is 14.8. The molecule has 0 saturated carbocycles. The van der Waals surface area contributed by atoms with E-state index in [2.05, 4.69) is 5.32 Å². The molecule has 0 aromatic heterocycles. The first-order valence-corrected chi connectivity index (χ1v) is 11.5. The molecule has 0 unspecified atom stereocenters. The zero-order valence-corrected chi connectivity index (χ0v) is 18.8. The Morgan fingerprint density at radius 3 is 2.35 bits per heavy atom. The van der Waals surface area contributed by atoms with E-state index in [0.29, 0.717) is 29.4 Å². The number of halogens is 1. The molecule has 0 aliphatic carbocycles. The Hall–Kier alpha value is -3.03. The fourth-order valence-corrected chi connectivity index (χ4v) is 4.24. The van der Waals surface area contributed by atoms with Crippen molar-refractivity contribution in [3.05, 3.63) is 88.9 Å². The Morgan fingerprint density at radius 2 is 1.71 bits per heavy atom. The number of anilines is 1. The minimum Gasteiger partial charge on any atom is -0.494 e. The Labute approximate surface area is 187 Å². The number of benzene rings is 3. The van der Waals surface area contributed by atoms with Crippen molar-refractivity contribution in [1.82, 2.24) is 5.32 Å². The number of hydrogen-bond donors (Lipinski definition) is 1. The second-order valence-electron chi connectivity index (χ2n) is 6.74. The Kier molecular flexibility index (Phi) is 7.20. The molecule has 0 aliphatic heterocycles. The zero-order chi connectivity index (χ0) is 22.4. The molecule has 6 nitrogen and oxygen atoms in total. The van der Waals surface area contributed by atoms with Crippen LogP contribution in [-0.4, -0.2) is 28.0 Å². The van der Waals surface area contributed by atoms with Crippen molar-refractivity contribution >= 4 is 33.2 Å². The summed E-state index contributed by atoms with van der Waals surface area (Å²) in [7, 11) is -2.27. The van der Waals surface area contributed by atoms with Crippen LogP contribution in [0.1, 0.15) is 22.8 Å². The van der Waals surface area contributed by atoms with Crippen LogP contribution in [0.25, 0.3) is 0 Å². The van der Waals surface area contributed by atoms with Crippen LogP contribution in [0.2, 0.25) is 5.02 Å². The normalized spacial score (nSPS) is 11.1. The summed E-state index contributed by atoms with van der Waals surface area (Å²) < 4.78 is 32.2. The van der Waals surface area contributed by atoms with Crippen molar-refractivity contribution in [1.29, 1.82) is 0 Å². The monoisotopic (exact) mass is 458 g/mol. The topological polar surface area (TPSA) is 75.7 Å². The van der Waals surface area contributed by atoms with Gasteiger partial charge < -0.3 is 10.1 Å². The molecule has 162 valence electrons. The van der Waals surface area contributed by atoms with Crippen molar-refractivity contribution in [3.63, 3.8) is 0 Å². The highest BCUT2D eigenvalue weighted by Gasteiger charge is 2.21. The average molecular weight is 459 g/mol. The maximum Gasteiger partial charge on any atom is 0.264 e. The van der Waals surface area contributed by atoms with Gasteiger partial charge >= 0.3 is 0 Å². The Morgan fingerprint density at radius 1 is 1.03 bits per heavy atom. The summed E-state index contributed by atoms with van der Waals surface area (Å²) in [6.07, 6.45) is 0. The van der Waals surface area contributed by atoms with Crippen LogP contribution >= 0.6 is 11.6 Å². The van der Waals surface area contributed by atoms with Crippen LogP contribution < -0.4 is 14.4 Å². The van der Waals surface area contributed by atoms with Crippen molar-refractivity contribution in [2.75, 3.05) is 18.0 Å². The highest BCUT2D eigenvalue weighted by molar-refractivity contribution is 7.92. The molecule has 0 aliphatic rings. The van der Waals surface area contributed by atoms with Crippen LogP contribution in [0.5, 0.6) is 5.75 Å². The Balaban J connectivity index is 1.67. The summed E-state index contributed by atoms with van der Waals surface area (Å²) in [6, 6.07) is 19.9. The van der Waals surface area contributed by atoms with Gasteiger partial charge in [0.15, 0.2) is 0 Å². The number of carbonyl (C=O) groups excluding carboxylic acids is 1. The molecule has 3 rings (SSSR count). The standard InChI is InChI=1S/C23H23ClN2O4S/c1-3-30-21-6-4-5-17(15-21)16-25-23(27)18-7-11-20(12-8-18)26(2)31(28,29)22-13-9-19(24)10-14-22/h4-15H,3,16H2,1-2H3,(H,25,27). The van der Waals surface area contributed by atoms with E-state index in [9.17, 15) is 13.2 Å². The highest BCUT2D eigenvalue weighted by atomic mass is 35.5. The number of amides is 1. The average Bonchev–Trinajstić information content (AvgIpc) is 2.78. The fraction of sp³-hybridized carbons (Fsp3) is 0.174. The van der Waals surface area contributed by atoms with Crippen molar-refractivity contribution < 1.29 is 17.9 Å². The molecule has 1 N–H and O–H groups in total. The molecule has 8 heteroatoms. The molecule has 0 spiro atoms. The van der Waals surface area contributed by atoms with Gasteiger partial charge in [-0.05, 0) is 73.2 Å². The van der Waals surface area contributed by atoms with E-state index < -0.39 is 10.0 Å². The quantitative estimate of drug-likeness (QED) is 0.539. The lowest BCUT2D eigenvalue weighted by Gasteiger charge is -2.20. The second kappa shape index (κ2) is 9.85. The van der Waals surface area contributed by atoms with Crippen molar-refractivity contribution in [2.45, 2.75) is 18.4 Å². The van der Waals surface area contributed by atoms with Gasteiger partial charge in [-0.25, -0.2) is 8.42 Å². The smallest absolute Gasteiger partial charge is 0.264 e. The van der Waals surface area contributed by atoms with E-state index in [1.165, 1.54) is 31.3 Å². The van der Waals surface area contributed by atoms with Crippen LogP contribution in [-0.2, 0) is 16.6 Å². The highest BCUT2D eigenvalue weighted by Crippen LogP contribution is 2.23. The van der Waals surface area contributed by atoms with Gasteiger partial charge in [-0.2, -0.15) is 0 Å². The molecule has 0 radical (unpaired) electrons. The second-order valence-corrected chi connectivity index (χ2v) is 9.14. The fourth-order valence-electron chi connectivity index (χ4n) is 2.92. The van der Waals surface area contributed by atoms with E-state index in [-0.39, 0.29) is 10.8 Å². The van der Waals surface area contributed by atoms with Gasteiger partial charge in [0, 0.05) is 24.2 Å². The lowest BCUT2D eigenvalue weighted by atomic mass is 10.1. The van der Waals surface area contributed by atoms with E-state index in [0.717, 1.165) is 15.6 Å². The molecule has 0 atom stereocenters. The molecule has 0 saturated heterocycles. The third kappa shape index (κ3) is 5.57. The number of nitrogens with zero attached hydrogens (tertiary/aromatic N) is 1. The zero-order valence-electron chi connectivity index (χ0n) is 17.2. The van der Waals surface area contributed by atoms with Gasteiger partial charge in [-0.1, -0.05) is 23.7 Å². The number of hydrogen-bond acceptors (Lipinski definition) is 4. The summed E-state index contributed by atoms with van der Waals surface area (Å²) >= 11 is 5.84. The van der Waals surface area contributed by atoms with Crippen LogP contribution in [0, 0.1) is 0 Å². The first-order valence-electron chi connectivity index (χ1n) is 9.66. The van der Waals surface area contributed by atoms with Crippen LogP contribution in [0.4, 0.5) is 5.69 Å². The molecule has 31 heavy (non-hydrogen) atoms. The summed E-state index contributed by atoms with van der Waals surface area (Å²) in [5, 5.41) is 3.32. The molecule has 0 heterocycles. The van der Waals surface area contributed by atoms with Gasteiger partial charge in [0.25, 0.3) is 15.9 Å². The van der Waals surface area contributed by atoms with Crippen molar-refractivity contribution in [2.24, 2.45) is 0 Å². The van der Waals surface area contributed by atoms with Crippen LogP contribution in [0.15, 0.2) is 77.7 Å². The van der Waals surface area contributed by atoms with E-state index in [1.807, 2.05) is 31.2 Å². The van der Waals surface area contributed by atoms with E-state index in [4.69, 9.17) is 16.3 Å². The lowest BCUT2D eigenvalue weighted by molar-refractivity contribution is 0.0951. The van der Waals surface area contributed by atoms with Gasteiger partial charge in [-0.3, -0.25) is 9.10 Å². The largest absolute Gasteiger partial charge is 0.494 e. The third-order valence-electron chi connectivity index (χ3n) is 4.63. The number of sulfonamides is 1. The molecule has 3 aromatic carbocycles. The number of ether oxygens (including phenoxy) is 1. The maximum atomic E-state index is 12.8. The van der Waals surface area contributed by atoms with Gasteiger partial charge in [0.1, 0.15) is 5.75 Å². The van der Waals surface area contributed by atoms with E-state index >= 15 is 0 Å². The summed E-state index contributed by atoms with van der Waals surface area (Å²) in [6.45, 7) is 2.84. The van der Waals surface area contributed by atoms with Gasteiger partial charge in [-0.15, -0.1) is 0 Å². The summed E-state index contributed by atoms with van der Waals surface area (Å²) in [5.41, 5.74) is 1.79. The summed E-state index contributed by atoms with van der Waals surface area (Å²) in [5.74, 6) is 0.500. The molecule has 1 amide bonds. The number of rotatable bonds is 8. The van der Waals surface area contributed by atoms with Crippen molar-refractivity contribution in [3.8, 4) is 5.75 Å². The number of nitrogens with one attached hydrogen (secondary N) is 1. The number of carbonyl (C=O) groups is 1. The van der Waals surface area contributed by atoms with E-state index in [1.54, 1.807) is 24.3 Å². The maximum absolute atomic E-state index is 12.8. The van der Waals surface area contributed by atoms with Gasteiger partial charge in [0.2, 0.25) is 0 Å². The molecular formula is C23H23ClN2O4S. The molecule has 0 bridgehead atoms. The molecule has 3 aromatic rings. The minimum absolute atomic E-state index is 0.135. The van der Waals surface area contributed by atoms with Gasteiger partial charge in [0.05, 0.1) is 17.2 Å². The van der Waals surface area contributed by atoms with Crippen LogP contribution in [0.3, 0.4) is 0 Å². The first kappa shape index (κ1) is 22.7. The predicted molar refractivity (Wildman–Crippen MR) is 122 cm³/mol. The SMILES string of the molecule is CCOc1cccc(CNC(=O)c2ccc(N(C)S(=O)(=O)c3ccc(Cl)cc3)cc2)c1. The molecule has 0 fully saturated rings.